The van der Waals surface area contributed by atoms with Gasteiger partial charge in [-0.25, -0.2) is 9.18 Å². The Bertz CT molecular complexity index is 2500. The van der Waals surface area contributed by atoms with E-state index >= 15 is 4.39 Å². The van der Waals surface area contributed by atoms with Gasteiger partial charge in [0.25, 0.3) is 0 Å². The number of aromatic nitrogens is 1. The molecule has 0 radical (unpaired) electrons. The molecule has 16 heteroatoms. The average molecular weight is 889 g/mol. The van der Waals surface area contributed by atoms with E-state index in [-0.39, 0.29) is 53.9 Å². The first kappa shape index (κ1) is 43.0. The van der Waals surface area contributed by atoms with Crippen molar-refractivity contribution in [3.63, 3.8) is 0 Å². The largest absolute Gasteiger partial charge is 0.507 e. The first-order chi connectivity index (χ1) is 31.4. The smallest absolute Gasteiger partial charge is 0.328 e. The van der Waals surface area contributed by atoms with E-state index in [0.717, 1.165) is 99.1 Å². The van der Waals surface area contributed by atoms with E-state index in [0.29, 0.717) is 61.4 Å². The Balaban J connectivity index is 0.707. The number of ether oxygens (including phenoxy) is 2. The van der Waals surface area contributed by atoms with E-state index in [9.17, 15) is 14.7 Å². The van der Waals surface area contributed by atoms with Crippen molar-refractivity contribution in [1.29, 1.82) is 0 Å². The first-order valence-electron chi connectivity index (χ1n) is 23.2. The van der Waals surface area contributed by atoms with Crippen LogP contribution in [0.3, 0.4) is 0 Å². The van der Waals surface area contributed by atoms with Crippen LogP contribution in [-0.2, 0) is 14.3 Å². The fourth-order valence-electron chi connectivity index (χ4n) is 11.3. The Morgan fingerprint density at radius 3 is 2.29 bits per heavy atom. The van der Waals surface area contributed by atoms with Gasteiger partial charge >= 0.3 is 6.03 Å². The van der Waals surface area contributed by atoms with E-state index in [1.54, 1.807) is 35.2 Å². The van der Waals surface area contributed by atoms with Crippen LogP contribution >= 0.6 is 0 Å². The van der Waals surface area contributed by atoms with Crippen LogP contribution in [0.15, 0.2) is 84.5 Å². The van der Waals surface area contributed by atoms with Crippen LogP contribution in [0.5, 0.6) is 5.75 Å². The number of aryl methyl sites for hydroxylation is 1. The second-order valence-corrected chi connectivity index (χ2v) is 18.8. The van der Waals surface area contributed by atoms with Gasteiger partial charge in [0.2, 0.25) is 5.91 Å². The van der Waals surface area contributed by atoms with Crippen LogP contribution in [0.2, 0.25) is 0 Å². The van der Waals surface area contributed by atoms with E-state index in [2.05, 4.69) is 47.8 Å². The predicted molar refractivity (Wildman–Crippen MR) is 249 cm³/mol. The van der Waals surface area contributed by atoms with Crippen molar-refractivity contribution < 1.29 is 28.6 Å². The second kappa shape index (κ2) is 17.4. The maximum Gasteiger partial charge on any atom is 0.328 e. The number of benzene rings is 3. The van der Waals surface area contributed by atoms with Crippen molar-refractivity contribution in [2.24, 2.45) is 23.1 Å². The van der Waals surface area contributed by atoms with Crippen molar-refractivity contribution in [2.45, 2.75) is 75.8 Å². The summed E-state index contributed by atoms with van der Waals surface area (Å²) < 4.78 is 31.0. The fraction of sp³-hybridized carbons (Fsp3) is 0.469. The van der Waals surface area contributed by atoms with Crippen molar-refractivity contribution in [2.75, 3.05) is 80.3 Å². The number of phenolic OH excluding ortho intramolecular Hbond substituents is 1. The molecule has 7 heterocycles. The molecule has 0 saturated carbocycles. The number of hydrogen-bond acceptors (Lipinski definition) is 12. The van der Waals surface area contributed by atoms with Gasteiger partial charge in [0.1, 0.15) is 17.4 Å². The summed E-state index contributed by atoms with van der Waals surface area (Å²) in [6, 6.07) is 18.7. The Morgan fingerprint density at radius 1 is 0.877 bits per heavy atom. The summed E-state index contributed by atoms with van der Waals surface area (Å²) >= 11 is 0. The summed E-state index contributed by atoms with van der Waals surface area (Å²) in [7, 11) is 0. The van der Waals surface area contributed by atoms with Crippen LogP contribution in [0, 0.1) is 18.7 Å². The fourth-order valence-corrected chi connectivity index (χ4v) is 11.3. The molecule has 4 aromatic rings. The van der Waals surface area contributed by atoms with Crippen LogP contribution in [0.4, 0.5) is 26.2 Å². The molecule has 8 N–H and O–H groups in total. The normalized spacial score (nSPS) is 23.4. The van der Waals surface area contributed by atoms with E-state index in [1.807, 2.05) is 31.2 Å². The molecule has 3 amide bonds. The average Bonchev–Trinajstić information content (AvgIpc) is 3.85. The Morgan fingerprint density at radius 2 is 1.60 bits per heavy atom. The van der Waals surface area contributed by atoms with Gasteiger partial charge in [0.05, 0.1) is 30.6 Å². The zero-order valence-corrected chi connectivity index (χ0v) is 37.1. The minimum Gasteiger partial charge on any atom is -0.507 e. The summed E-state index contributed by atoms with van der Waals surface area (Å²) in [5.74, 6) is -0.176. The summed E-state index contributed by atoms with van der Waals surface area (Å²) in [4.78, 5) is 35.3. The molecule has 6 aliphatic heterocycles. The molecule has 1 aromatic heterocycles. The van der Waals surface area contributed by atoms with Crippen molar-refractivity contribution in [3.8, 4) is 5.75 Å². The van der Waals surface area contributed by atoms with Crippen molar-refractivity contribution >= 4 is 45.6 Å². The Kier molecular flexibility index (Phi) is 11.5. The number of carbonyl (C=O) groups is 2. The number of urea groups is 1. The number of rotatable bonds is 9. The van der Waals surface area contributed by atoms with Gasteiger partial charge < -0.3 is 55.9 Å². The molecule has 10 rings (SSSR count). The summed E-state index contributed by atoms with van der Waals surface area (Å²) in [6.45, 7) is 9.38. The molecule has 2 bridgehead atoms. The number of anilines is 3. The number of fused-ring (bicyclic) bond motifs is 3. The lowest BCUT2D eigenvalue weighted by molar-refractivity contribution is -0.295. The highest BCUT2D eigenvalue weighted by atomic mass is 19.1. The molecule has 2 unspecified atom stereocenters. The third-order valence-electron chi connectivity index (χ3n) is 14.9. The number of likely N-dealkylation sites (tertiary alicyclic amines) is 2. The number of carbonyl (C=O) groups excluding carboxylic acids is 2. The SMILES string of the molecule is Cc1c(N2CCC(=O)NC2=O)ccc2c1ccn2C1COC2(CCN(CC3CCN(c4cc(N5C6CCC5CN(C(/C=C(\N)c5ccccc5O)=C(N)N)C6)ccc4F)CC3)CC2)OC1. The molecule has 0 aliphatic carbocycles. The number of para-hydroxylation sites is 1. The number of nitrogens with zero attached hydrogens (tertiary/aromatic N) is 6. The lowest BCUT2D eigenvalue weighted by Crippen LogP contribution is -2.54. The number of nitrogens with one attached hydrogen (secondary N) is 1. The highest BCUT2D eigenvalue weighted by molar-refractivity contribution is 6.07. The number of nitrogens with two attached hydrogens (primary N) is 3. The number of aromatic hydroxyl groups is 1. The van der Waals surface area contributed by atoms with Gasteiger partial charge in [-0.15, -0.1) is 0 Å². The number of allylic oxidation sites excluding steroid dienone is 1. The molecule has 15 nitrogen and oxygen atoms in total. The van der Waals surface area contributed by atoms with Crippen molar-refractivity contribution in [1.82, 2.24) is 19.7 Å². The number of amides is 3. The molecule has 3 aromatic carbocycles. The third-order valence-corrected chi connectivity index (χ3v) is 14.9. The van der Waals surface area contributed by atoms with Gasteiger partial charge in [-0.3, -0.25) is 15.0 Å². The van der Waals surface area contributed by atoms with Crippen LogP contribution < -0.4 is 37.2 Å². The Hall–Kier alpha value is -5.97. The van der Waals surface area contributed by atoms with Gasteiger partial charge in [-0.05, 0) is 98.7 Å². The van der Waals surface area contributed by atoms with Gasteiger partial charge in [0, 0.05) is 123 Å². The molecule has 6 aliphatic rings. The minimum absolute atomic E-state index is 0.0334. The number of piperazine rings is 1. The maximum absolute atomic E-state index is 15.6. The zero-order chi connectivity index (χ0) is 45.0. The van der Waals surface area contributed by atoms with E-state index in [4.69, 9.17) is 26.7 Å². The molecule has 6 fully saturated rings. The predicted octanol–water partition coefficient (Wildman–Crippen LogP) is 5.28. The first-order valence-corrected chi connectivity index (χ1v) is 23.2. The molecule has 6 saturated heterocycles. The van der Waals surface area contributed by atoms with Gasteiger partial charge in [-0.2, -0.15) is 0 Å². The van der Waals surface area contributed by atoms with Gasteiger partial charge in [-0.1, -0.05) is 12.1 Å². The third kappa shape index (κ3) is 8.31. The van der Waals surface area contributed by atoms with Crippen LogP contribution in [0.1, 0.15) is 62.1 Å². The molecule has 344 valence electrons. The number of hydrogen-bond donors (Lipinski definition) is 5. The highest BCUT2D eigenvalue weighted by Crippen LogP contribution is 2.41. The summed E-state index contributed by atoms with van der Waals surface area (Å²) in [5.41, 5.74) is 25.0. The topological polar surface area (TPSA) is 184 Å². The molecule has 65 heavy (non-hydrogen) atoms. The number of phenols is 1. The minimum atomic E-state index is -0.564. The van der Waals surface area contributed by atoms with Gasteiger partial charge in [0.15, 0.2) is 5.79 Å². The molecular weight excluding hydrogens is 828 g/mol. The molecule has 1 spiro atoms. The highest BCUT2D eigenvalue weighted by Gasteiger charge is 2.43. The maximum atomic E-state index is 15.6. The monoisotopic (exact) mass is 888 g/mol. The van der Waals surface area contributed by atoms with E-state index in [1.165, 1.54) is 0 Å². The Labute approximate surface area is 379 Å². The van der Waals surface area contributed by atoms with E-state index < -0.39 is 5.79 Å². The number of piperidine rings is 2. The lowest BCUT2D eigenvalue weighted by atomic mass is 9.94. The zero-order valence-electron chi connectivity index (χ0n) is 37.1. The molecule has 2 atom stereocenters. The quantitative estimate of drug-likeness (QED) is 0.137. The molecular formula is C49H61FN10O5. The van der Waals surface area contributed by atoms with Crippen LogP contribution in [-0.4, -0.2) is 115 Å². The second-order valence-electron chi connectivity index (χ2n) is 18.8. The lowest BCUT2D eigenvalue weighted by Gasteiger charge is -2.46. The standard InChI is InChI=1S/C49H61FN10O5/c1-31-37-14-20-58(42(37)11-10-41(31)59-21-15-46(62)54-48(59)63)36-29-64-49(65-30-36)16-22-55(23-17-49)26-32-12-18-56(19-13-32)43-24-33(8-9-39(43)50)60-34-6-7-35(60)28-57(27-34)44(47(52)53)25-40(51)38-4-2-3-5-45(38)61/h2-5,8-11,14,20,24-25,32,34-36,61H,6-7,12-13,15-19,21-23,26-30,51-53H2,1H3,(H,54,62,63)/b40-25-. The van der Waals surface area contributed by atoms with Crippen LogP contribution in [0.25, 0.3) is 16.6 Å². The summed E-state index contributed by atoms with van der Waals surface area (Å²) in [5, 5.41) is 13.9. The van der Waals surface area contributed by atoms with Crippen molar-refractivity contribution in [3.05, 3.63) is 101 Å². The number of halogens is 1. The summed E-state index contributed by atoms with van der Waals surface area (Å²) in [6.07, 6.45) is 9.79. The number of imide groups is 1.